The summed E-state index contributed by atoms with van der Waals surface area (Å²) in [6.07, 6.45) is -0.694. The second-order valence-electron chi connectivity index (χ2n) is 4.55. The van der Waals surface area contributed by atoms with E-state index in [9.17, 15) is 9.59 Å². The number of hydrogen-bond donors (Lipinski definition) is 2. The zero-order valence-electron chi connectivity index (χ0n) is 10.4. The summed E-state index contributed by atoms with van der Waals surface area (Å²) in [4.78, 5) is 26.4. The van der Waals surface area contributed by atoms with Crippen LogP contribution in [0.2, 0.25) is 0 Å². The van der Waals surface area contributed by atoms with Crippen molar-refractivity contribution in [2.45, 2.75) is 26.4 Å². The highest BCUT2D eigenvalue weighted by molar-refractivity contribution is 5.99. The predicted octanol–water partition coefficient (Wildman–Crippen LogP) is 2.66. The van der Waals surface area contributed by atoms with Crippen LogP contribution < -0.4 is 5.32 Å². The fourth-order valence-electron chi connectivity index (χ4n) is 1.23. The average Bonchev–Trinajstić information content (AvgIpc) is 2.26. The van der Waals surface area contributed by atoms with E-state index in [4.69, 9.17) is 9.99 Å². The van der Waals surface area contributed by atoms with Crippen molar-refractivity contribution in [2.75, 3.05) is 5.32 Å². The normalized spacial score (nSPS) is 10.7. The number of amides is 1. The number of hydrogen-bond acceptors (Lipinski definition) is 5. The number of para-hydroxylation sites is 1. The third-order valence-corrected chi connectivity index (χ3v) is 1.87. The molecule has 1 aromatic carbocycles. The van der Waals surface area contributed by atoms with Gasteiger partial charge in [0.15, 0.2) is 0 Å². The maximum absolute atomic E-state index is 11.5. The molecule has 18 heavy (non-hydrogen) atoms. The minimum Gasteiger partial charge on any atom is -0.444 e. The number of rotatable bonds is 2. The average molecular weight is 253 g/mol. The maximum Gasteiger partial charge on any atom is 0.412 e. The highest BCUT2D eigenvalue weighted by atomic mass is 17.1. The van der Waals surface area contributed by atoms with Crippen LogP contribution >= 0.6 is 0 Å². The zero-order valence-corrected chi connectivity index (χ0v) is 10.4. The van der Waals surface area contributed by atoms with Crippen molar-refractivity contribution in [3.05, 3.63) is 29.8 Å². The number of anilines is 1. The van der Waals surface area contributed by atoms with Gasteiger partial charge in [-0.05, 0) is 32.9 Å². The van der Waals surface area contributed by atoms with E-state index in [-0.39, 0.29) is 11.3 Å². The molecule has 0 aliphatic carbocycles. The number of benzene rings is 1. The molecule has 6 heteroatoms. The van der Waals surface area contributed by atoms with E-state index in [0.29, 0.717) is 0 Å². The predicted molar refractivity (Wildman–Crippen MR) is 64.3 cm³/mol. The third kappa shape index (κ3) is 4.06. The Morgan fingerprint density at radius 2 is 1.83 bits per heavy atom. The molecule has 0 unspecified atom stereocenters. The van der Waals surface area contributed by atoms with Crippen LogP contribution in [0.4, 0.5) is 10.5 Å². The quantitative estimate of drug-likeness (QED) is 0.625. The fraction of sp³-hybridized carbons (Fsp3) is 0.333. The number of nitrogens with one attached hydrogen (secondary N) is 1. The summed E-state index contributed by atoms with van der Waals surface area (Å²) in [5, 5.41) is 10.7. The van der Waals surface area contributed by atoms with E-state index < -0.39 is 17.7 Å². The van der Waals surface area contributed by atoms with Crippen LogP contribution in [0.5, 0.6) is 0 Å². The molecule has 0 aliphatic heterocycles. The van der Waals surface area contributed by atoms with Gasteiger partial charge in [-0.15, -0.1) is 0 Å². The van der Waals surface area contributed by atoms with Gasteiger partial charge in [0.25, 0.3) is 0 Å². The Balaban J connectivity index is 2.85. The van der Waals surface area contributed by atoms with Gasteiger partial charge in [0.1, 0.15) is 5.60 Å². The van der Waals surface area contributed by atoms with Crippen LogP contribution in [0.1, 0.15) is 31.1 Å². The molecule has 0 atom stereocenters. The Labute approximate surface area is 104 Å². The largest absolute Gasteiger partial charge is 0.444 e. The lowest BCUT2D eigenvalue weighted by atomic mass is 10.2. The van der Waals surface area contributed by atoms with Gasteiger partial charge in [-0.2, -0.15) is 5.26 Å². The highest BCUT2D eigenvalue weighted by Crippen LogP contribution is 2.17. The highest BCUT2D eigenvalue weighted by Gasteiger charge is 2.19. The van der Waals surface area contributed by atoms with Gasteiger partial charge in [-0.3, -0.25) is 10.2 Å². The van der Waals surface area contributed by atoms with Crippen LogP contribution in [0, 0.1) is 0 Å². The summed E-state index contributed by atoms with van der Waals surface area (Å²) in [7, 11) is 0. The molecule has 0 spiro atoms. The fourth-order valence-corrected chi connectivity index (χ4v) is 1.23. The Kier molecular flexibility index (Phi) is 4.28. The van der Waals surface area contributed by atoms with E-state index >= 15 is 0 Å². The Morgan fingerprint density at radius 3 is 2.39 bits per heavy atom. The van der Waals surface area contributed by atoms with E-state index in [0.717, 1.165) is 0 Å². The molecule has 0 radical (unpaired) electrons. The Hall–Kier alpha value is -2.08. The first-order valence-corrected chi connectivity index (χ1v) is 5.28. The molecular formula is C12H15NO5. The molecule has 0 saturated heterocycles. The Bertz CT molecular complexity index is 450. The molecule has 6 nitrogen and oxygen atoms in total. The minimum absolute atomic E-state index is 0.0332. The van der Waals surface area contributed by atoms with Gasteiger partial charge in [0.05, 0.1) is 11.3 Å². The second-order valence-corrected chi connectivity index (χ2v) is 4.55. The van der Waals surface area contributed by atoms with Crippen molar-refractivity contribution in [1.82, 2.24) is 0 Å². The van der Waals surface area contributed by atoms with Crippen LogP contribution in [0.3, 0.4) is 0 Å². The molecule has 0 heterocycles. The smallest absolute Gasteiger partial charge is 0.412 e. The maximum atomic E-state index is 11.5. The number of carbonyl (C=O) groups is 2. The topological polar surface area (TPSA) is 84.9 Å². The van der Waals surface area contributed by atoms with E-state index in [1.807, 2.05) is 0 Å². The van der Waals surface area contributed by atoms with Gasteiger partial charge < -0.3 is 4.74 Å². The summed E-state index contributed by atoms with van der Waals surface area (Å²) < 4.78 is 5.05. The van der Waals surface area contributed by atoms with E-state index in [2.05, 4.69) is 10.2 Å². The zero-order chi connectivity index (χ0) is 13.8. The number of carbonyl (C=O) groups excluding carboxylic acids is 2. The number of ether oxygens (including phenoxy) is 1. The van der Waals surface area contributed by atoms with Crippen LogP contribution in [0.25, 0.3) is 0 Å². The summed E-state index contributed by atoms with van der Waals surface area (Å²) in [6.45, 7) is 5.17. The lowest BCUT2D eigenvalue weighted by Crippen LogP contribution is -2.27. The van der Waals surface area contributed by atoms with Crippen LogP contribution in [-0.4, -0.2) is 22.9 Å². The first kappa shape index (κ1) is 14.0. The van der Waals surface area contributed by atoms with Gasteiger partial charge >= 0.3 is 12.1 Å². The standard InChI is InChI=1S/C12H15NO5/c1-12(2,3)17-11(15)13-9-7-5-4-6-8(9)10(14)18-16/h4-7,16H,1-3H3,(H,13,15). The van der Waals surface area contributed by atoms with Crippen LogP contribution in [-0.2, 0) is 9.62 Å². The molecule has 0 aliphatic rings. The molecule has 0 fully saturated rings. The van der Waals surface area contributed by atoms with Crippen molar-refractivity contribution in [2.24, 2.45) is 0 Å². The lowest BCUT2D eigenvalue weighted by molar-refractivity contribution is -0.182. The van der Waals surface area contributed by atoms with Crippen molar-refractivity contribution >= 4 is 17.7 Å². The SMILES string of the molecule is CC(C)(C)OC(=O)Nc1ccccc1C(=O)OO. The van der Waals surface area contributed by atoms with Crippen molar-refractivity contribution in [3.8, 4) is 0 Å². The first-order chi connectivity index (χ1) is 8.33. The third-order valence-electron chi connectivity index (χ3n) is 1.87. The van der Waals surface area contributed by atoms with Gasteiger partial charge in [-0.1, -0.05) is 12.1 Å². The minimum atomic E-state index is -0.957. The summed E-state index contributed by atoms with van der Waals surface area (Å²) in [6, 6.07) is 6.11. The van der Waals surface area contributed by atoms with E-state index in [1.165, 1.54) is 12.1 Å². The van der Waals surface area contributed by atoms with Gasteiger partial charge in [0.2, 0.25) is 0 Å². The van der Waals surface area contributed by atoms with Gasteiger partial charge in [0, 0.05) is 0 Å². The monoisotopic (exact) mass is 253 g/mol. The lowest BCUT2D eigenvalue weighted by Gasteiger charge is -2.20. The molecule has 98 valence electrons. The van der Waals surface area contributed by atoms with Crippen molar-refractivity contribution in [3.63, 3.8) is 0 Å². The Morgan fingerprint density at radius 1 is 1.22 bits per heavy atom. The molecule has 1 rings (SSSR count). The molecule has 1 amide bonds. The molecular weight excluding hydrogens is 238 g/mol. The van der Waals surface area contributed by atoms with Gasteiger partial charge in [-0.25, -0.2) is 9.59 Å². The van der Waals surface area contributed by atoms with Crippen molar-refractivity contribution < 1.29 is 24.5 Å². The summed E-state index contributed by atoms with van der Waals surface area (Å²) >= 11 is 0. The second kappa shape index (κ2) is 5.50. The molecule has 0 bridgehead atoms. The summed E-state index contributed by atoms with van der Waals surface area (Å²) in [5.41, 5.74) is -0.409. The van der Waals surface area contributed by atoms with E-state index in [1.54, 1.807) is 32.9 Å². The molecule has 0 aromatic heterocycles. The molecule has 1 aromatic rings. The van der Waals surface area contributed by atoms with Crippen LogP contribution in [0.15, 0.2) is 24.3 Å². The summed E-state index contributed by atoms with van der Waals surface area (Å²) in [5.74, 6) is -0.957. The molecule has 2 N–H and O–H groups in total. The molecule has 0 saturated carbocycles. The van der Waals surface area contributed by atoms with Crippen molar-refractivity contribution in [1.29, 1.82) is 0 Å². The first-order valence-electron chi connectivity index (χ1n) is 5.28.